The van der Waals surface area contributed by atoms with Gasteiger partial charge in [0.1, 0.15) is 0 Å². The van der Waals surface area contributed by atoms with Crippen molar-refractivity contribution >= 4 is 0 Å². The molecule has 2 heteroatoms. The summed E-state index contributed by atoms with van der Waals surface area (Å²) in [6.45, 7) is 8.79. The van der Waals surface area contributed by atoms with Gasteiger partial charge in [0.15, 0.2) is 0 Å². The van der Waals surface area contributed by atoms with Crippen molar-refractivity contribution in [1.29, 1.82) is 5.26 Å². The number of allylic oxidation sites excluding steroid dienone is 2. The number of nitriles is 1. The van der Waals surface area contributed by atoms with Gasteiger partial charge in [0, 0.05) is 13.2 Å². The summed E-state index contributed by atoms with van der Waals surface area (Å²) in [6, 6.07) is 2.32. The van der Waals surface area contributed by atoms with Crippen LogP contribution in [0.1, 0.15) is 12.8 Å². The van der Waals surface area contributed by atoms with Crippen molar-refractivity contribution < 1.29 is 4.74 Å². The van der Waals surface area contributed by atoms with Crippen LogP contribution in [-0.2, 0) is 4.74 Å². The molecule has 1 aliphatic rings. The number of hydrogen-bond donors (Lipinski definition) is 0. The Morgan fingerprint density at radius 2 is 2.08 bits per heavy atom. The molecule has 0 bridgehead atoms. The second-order valence-electron chi connectivity index (χ2n) is 3.04. The molecule has 0 atom stereocenters. The first-order valence-electron chi connectivity index (χ1n) is 4.06. The molecule has 0 N–H and O–H groups in total. The molecule has 1 aliphatic heterocycles. The van der Waals surface area contributed by atoms with E-state index in [1.165, 1.54) is 0 Å². The van der Waals surface area contributed by atoms with Gasteiger partial charge in [-0.25, -0.2) is 0 Å². The second-order valence-corrected chi connectivity index (χ2v) is 3.04. The van der Waals surface area contributed by atoms with Gasteiger partial charge in [0.2, 0.25) is 0 Å². The van der Waals surface area contributed by atoms with E-state index in [2.05, 4.69) is 19.2 Å². The molecular weight excluding hydrogens is 150 g/mol. The number of rotatable bonds is 2. The zero-order valence-corrected chi connectivity index (χ0v) is 7.18. The lowest BCUT2D eigenvalue weighted by molar-refractivity contribution is 0.0554. The Bertz CT molecular complexity index is 231. The van der Waals surface area contributed by atoms with Gasteiger partial charge in [-0.05, 0) is 18.4 Å². The van der Waals surface area contributed by atoms with Gasteiger partial charge < -0.3 is 4.74 Å². The molecule has 0 spiro atoms. The molecule has 0 aliphatic carbocycles. The molecule has 1 heterocycles. The summed E-state index contributed by atoms with van der Waals surface area (Å²) < 4.78 is 5.19. The minimum Gasteiger partial charge on any atom is -0.381 e. The first-order chi connectivity index (χ1) is 5.75. The van der Waals surface area contributed by atoms with Crippen molar-refractivity contribution in [2.75, 3.05) is 13.2 Å². The van der Waals surface area contributed by atoms with Crippen molar-refractivity contribution in [1.82, 2.24) is 0 Å². The summed E-state index contributed by atoms with van der Waals surface area (Å²) in [7, 11) is 0. The Balaban J connectivity index is 2.81. The molecule has 1 saturated heterocycles. The molecule has 0 unspecified atom stereocenters. The monoisotopic (exact) mass is 163 g/mol. The van der Waals surface area contributed by atoms with Crippen molar-refractivity contribution in [3.8, 4) is 6.07 Å². The Labute approximate surface area is 73.1 Å². The van der Waals surface area contributed by atoms with E-state index in [-0.39, 0.29) is 0 Å². The normalized spacial score (nSPS) is 20.9. The molecule has 0 aromatic heterocycles. The average molecular weight is 163 g/mol. The van der Waals surface area contributed by atoms with Crippen LogP contribution in [-0.4, -0.2) is 13.2 Å². The molecule has 0 saturated carbocycles. The van der Waals surface area contributed by atoms with E-state index in [1.807, 2.05) is 0 Å². The lowest BCUT2D eigenvalue weighted by Crippen LogP contribution is -2.29. The summed E-state index contributed by atoms with van der Waals surface area (Å²) in [6.07, 6.45) is 3.16. The summed E-state index contributed by atoms with van der Waals surface area (Å²) in [5.74, 6) is 0. The third kappa shape index (κ3) is 1.41. The Morgan fingerprint density at radius 1 is 1.50 bits per heavy atom. The topological polar surface area (TPSA) is 33.0 Å². The Kier molecular flexibility index (Phi) is 2.67. The summed E-state index contributed by atoms with van der Waals surface area (Å²) in [5, 5.41) is 9.03. The van der Waals surface area contributed by atoms with Crippen LogP contribution >= 0.6 is 0 Å². The fraction of sp³-hybridized carbons (Fsp3) is 0.500. The van der Waals surface area contributed by atoms with Crippen LogP contribution in [0.5, 0.6) is 0 Å². The predicted molar refractivity (Wildman–Crippen MR) is 47.4 cm³/mol. The molecule has 1 rings (SSSR count). The van der Waals surface area contributed by atoms with Crippen LogP contribution in [0.25, 0.3) is 0 Å². The van der Waals surface area contributed by atoms with Gasteiger partial charge in [-0.15, -0.1) is 0 Å². The first kappa shape index (κ1) is 9.02. The standard InChI is InChI=1S/C10H13NO/c1-3-9(2)10(8-11)4-6-12-7-5-10/h3H,1-2,4-7H2. The number of hydrogen-bond acceptors (Lipinski definition) is 2. The molecule has 0 radical (unpaired) electrons. The summed E-state index contributed by atoms with van der Waals surface area (Å²) >= 11 is 0. The highest BCUT2D eigenvalue weighted by atomic mass is 16.5. The third-order valence-corrected chi connectivity index (χ3v) is 2.42. The van der Waals surface area contributed by atoms with Crippen molar-refractivity contribution in [3.63, 3.8) is 0 Å². The SMILES string of the molecule is C=CC(=C)C1(C#N)CCOCC1. The van der Waals surface area contributed by atoms with E-state index in [1.54, 1.807) is 6.08 Å². The van der Waals surface area contributed by atoms with Gasteiger partial charge in [-0.2, -0.15) is 5.26 Å². The molecule has 64 valence electrons. The minimum atomic E-state index is -0.403. The summed E-state index contributed by atoms with van der Waals surface area (Å²) in [5.41, 5.74) is 0.424. The lowest BCUT2D eigenvalue weighted by atomic mass is 9.76. The smallest absolute Gasteiger partial charge is 0.0860 e. The fourth-order valence-electron chi connectivity index (χ4n) is 1.42. The van der Waals surface area contributed by atoms with Crippen LogP contribution in [0.4, 0.5) is 0 Å². The van der Waals surface area contributed by atoms with Crippen molar-refractivity contribution in [2.45, 2.75) is 12.8 Å². The van der Waals surface area contributed by atoms with E-state index >= 15 is 0 Å². The van der Waals surface area contributed by atoms with E-state index in [4.69, 9.17) is 10.00 Å². The van der Waals surface area contributed by atoms with Crippen LogP contribution < -0.4 is 0 Å². The zero-order chi connectivity index (χ0) is 9.03. The molecular formula is C10H13NO. The maximum absolute atomic E-state index is 9.03. The highest BCUT2D eigenvalue weighted by Crippen LogP contribution is 2.36. The van der Waals surface area contributed by atoms with E-state index in [9.17, 15) is 0 Å². The summed E-state index contributed by atoms with van der Waals surface area (Å²) in [4.78, 5) is 0. The molecule has 0 amide bonds. The fourth-order valence-corrected chi connectivity index (χ4v) is 1.42. The Hall–Kier alpha value is -1.07. The van der Waals surface area contributed by atoms with Crippen molar-refractivity contribution in [3.05, 3.63) is 24.8 Å². The maximum atomic E-state index is 9.03. The van der Waals surface area contributed by atoms with Crippen LogP contribution in [0.3, 0.4) is 0 Å². The van der Waals surface area contributed by atoms with E-state index in [0.717, 1.165) is 18.4 Å². The number of nitrogens with zero attached hydrogens (tertiary/aromatic N) is 1. The van der Waals surface area contributed by atoms with Gasteiger partial charge >= 0.3 is 0 Å². The lowest BCUT2D eigenvalue weighted by Gasteiger charge is -2.31. The molecule has 0 aromatic carbocycles. The third-order valence-electron chi connectivity index (χ3n) is 2.42. The second kappa shape index (κ2) is 3.55. The minimum absolute atomic E-state index is 0.403. The Morgan fingerprint density at radius 3 is 2.50 bits per heavy atom. The van der Waals surface area contributed by atoms with Gasteiger partial charge in [0.05, 0.1) is 11.5 Å². The highest BCUT2D eigenvalue weighted by molar-refractivity contribution is 5.29. The van der Waals surface area contributed by atoms with Crippen LogP contribution in [0, 0.1) is 16.7 Å². The van der Waals surface area contributed by atoms with Gasteiger partial charge in [-0.1, -0.05) is 19.2 Å². The van der Waals surface area contributed by atoms with Crippen LogP contribution in [0.2, 0.25) is 0 Å². The number of ether oxygens (including phenoxy) is 1. The van der Waals surface area contributed by atoms with Gasteiger partial charge in [-0.3, -0.25) is 0 Å². The van der Waals surface area contributed by atoms with E-state index < -0.39 is 5.41 Å². The molecule has 12 heavy (non-hydrogen) atoms. The van der Waals surface area contributed by atoms with E-state index in [0.29, 0.717) is 13.2 Å². The highest BCUT2D eigenvalue weighted by Gasteiger charge is 2.33. The molecule has 1 fully saturated rings. The first-order valence-corrected chi connectivity index (χ1v) is 4.06. The quantitative estimate of drug-likeness (QED) is 0.584. The average Bonchev–Trinajstić information content (AvgIpc) is 2.17. The molecule has 0 aromatic rings. The zero-order valence-electron chi connectivity index (χ0n) is 7.18. The van der Waals surface area contributed by atoms with Crippen molar-refractivity contribution in [2.24, 2.45) is 5.41 Å². The maximum Gasteiger partial charge on any atom is 0.0860 e. The predicted octanol–water partition coefficient (Wildman–Crippen LogP) is 2.05. The molecule has 2 nitrogen and oxygen atoms in total. The van der Waals surface area contributed by atoms with Crippen LogP contribution in [0.15, 0.2) is 24.8 Å². The largest absolute Gasteiger partial charge is 0.381 e. The van der Waals surface area contributed by atoms with Gasteiger partial charge in [0.25, 0.3) is 0 Å².